The number of amides is 1. The summed E-state index contributed by atoms with van der Waals surface area (Å²) in [4.78, 5) is 26.8. The highest BCUT2D eigenvalue weighted by atomic mass is 32.1. The third kappa shape index (κ3) is 3.88. The first-order valence-corrected chi connectivity index (χ1v) is 9.46. The number of ether oxygens (including phenoxy) is 2. The number of halogens is 1. The number of likely N-dealkylation sites (tertiary alicyclic amines) is 1. The fraction of sp³-hybridized carbons (Fsp3) is 0.474. The van der Waals surface area contributed by atoms with Crippen molar-refractivity contribution in [2.24, 2.45) is 5.92 Å². The van der Waals surface area contributed by atoms with Crippen LogP contribution in [0.15, 0.2) is 18.2 Å². The van der Waals surface area contributed by atoms with E-state index < -0.39 is 11.8 Å². The number of thiophene rings is 1. The Morgan fingerprint density at radius 1 is 1.38 bits per heavy atom. The number of carbonyl (C=O) groups excluding carboxylic acids is 2. The number of carbonyl (C=O) groups is 2. The second kappa shape index (κ2) is 8.14. The molecule has 0 saturated carbocycles. The van der Waals surface area contributed by atoms with E-state index in [1.165, 1.54) is 13.2 Å². The number of rotatable bonds is 5. The second-order valence-corrected chi connectivity index (χ2v) is 7.67. The van der Waals surface area contributed by atoms with Crippen molar-refractivity contribution in [1.29, 1.82) is 0 Å². The first kappa shape index (κ1) is 18.8. The van der Waals surface area contributed by atoms with Crippen LogP contribution in [0.5, 0.6) is 0 Å². The summed E-state index contributed by atoms with van der Waals surface area (Å²) in [6.07, 6.45) is 2.08. The molecule has 0 radical (unpaired) electrons. The highest BCUT2D eigenvalue weighted by Gasteiger charge is 2.25. The molecule has 140 valence electrons. The van der Waals surface area contributed by atoms with E-state index in [4.69, 9.17) is 9.47 Å². The molecule has 0 unspecified atom stereocenters. The van der Waals surface area contributed by atoms with Crippen molar-refractivity contribution in [3.63, 3.8) is 0 Å². The van der Waals surface area contributed by atoms with Gasteiger partial charge in [-0.05, 0) is 30.9 Å². The van der Waals surface area contributed by atoms with E-state index in [1.807, 2.05) is 0 Å². The Hall–Kier alpha value is -1.99. The van der Waals surface area contributed by atoms with Gasteiger partial charge >= 0.3 is 5.97 Å². The van der Waals surface area contributed by atoms with Gasteiger partial charge in [-0.15, -0.1) is 11.3 Å². The Morgan fingerprint density at radius 2 is 2.19 bits per heavy atom. The summed E-state index contributed by atoms with van der Waals surface area (Å²) in [5.41, 5.74) is 0.467. The highest BCUT2D eigenvalue weighted by Crippen LogP contribution is 2.34. The van der Waals surface area contributed by atoms with Crippen molar-refractivity contribution >= 4 is 33.3 Å². The van der Waals surface area contributed by atoms with Crippen LogP contribution >= 0.6 is 11.3 Å². The van der Waals surface area contributed by atoms with E-state index >= 15 is 0 Å². The van der Waals surface area contributed by atoms with Crippen LogP contribution in [-0.2, 0) is 20.9 Å². The molecule has 7 heteroatoms. The van der Waals surface area contributed by atoms with E-state index in [0.717, 1.165) is 24.2 Å². The van der Waals surface area contributed by atoms with Gasteiger partial charge in [-0.25, -0.2) is 9.18 Å². The minimum Gasteiger partial charge on any atom is -0.451 e. The summed E-state index contributed by atoms with van der Waals surface area (Å²) in [5, 5.41) is 0.377. The molecule has 1 fully saturated rings. The van der Waals surface area contributed by atoms with Gasteiger partial charge in [0, 0.05) is 35.8 Å². The van der Waals surface area contributed by atoms with Crippen LogP contribution in [-0.4, -0.2) is 43.6 Å². The van der Waals surface area contributed by atoms with Crippen molar-refractivity contribution in [3.8, 4) is 0 Å². The van der Waals surface area contributed by atoms with E-state index in [-0.39, 0.29) is 24.0 Å². The average Bonchev–Trinajstić information content (AvgIpc) is 3.00. The third-order valence-corrected chi connectivity index (χ3v) is 5.75. The zero-order valence-electron chi connectivity index (χ0n) is 14.9. The van der Waals surface area contributed by atoms with Crippen LogP contribution in [0, 0.1) is 11.7 Å². The molecule has 1 aromatic heterocycles. The molecule has 2 heterocycles. The van der Waals surface area contributed by atoms with Crippen LogP contribution in [0.3, 0.4) is 0 Å². The molecule has 1 amide bonds. The lowest BCUT2D eigenvalue weighted by Crippen LogP contribution is -2.41. The molecule has 0 aliphatic carbocycles. The Kier molecular flexibility index (Phi) is 5.88. The largest absolute Gasteiger partial charge is 0.451 e. The zero-order chi connectivity index (χ0) is 18.7. The predicted octanol–water partition coefficient (Wildman–Crippen LogP) is 3.60. The van der Waals surface area contributed by atoms with Crippen LogP contribution in [0.1, 0.15) is 35.0 Å². The monoisotopic (exact) mass is 379 g/mol. The molecule has 1 atom stereocenters. The maximum absolute atomic E-state index is 14.2. The molecule has 1 aliphatic rings. The molecule has 0 bridgehead atoms. The quantitative estimate of drug-likeness (QED) is 0.745. The van der Waals surface area contributed by atoms with Gasteiger partial charge in [-0.3, -0.25) is 4.79 Å². The molecular formula is C19H22FNO4S. The molecule has 3 rings (SSSR count). The van der Waals surface area contributed by atoms with Crippen LogP contribution in [0.4, 0.5) is 4.39 Å². The predicted molar refractivity (Wildman–Crippen MR) is 97.8 cm³/mol. The Bertz CT molecular complexity index is 819. The molecule has 26 heavy (non-hydrogen) atoms. The van der Waals surface area contributed by atoms with E-state index in [0.29, 0.717) is 34.7 Å². The number of piperidine rings is 1. The van der Waals surface area contributed by atoms with Crippen LogP contribution in [0.2, 0.25) is 0 Å². The third-order valence-electron chi connectivity index (χ3n) is 4.57. The number of esters is 1. The van der Waals surface area contributed by atoms with E-state index in [1.54, 1.807) is 17.0 Å². The van der Waals surface area contributed by atoms with Crippen molar-refractivity contribution in [2.45, 2.75) is 26.4 Å². The van der Waals surface area contributed by atoms with Crippen LogP contribution < -0.4 is 0 Å². The molecule has 0 spiro atoms. The molecule has 1 saturated heterocycles. The van der Waals surface area contributed by atoms with Gasteiger partial charge in [0.2, 0.25) is 0 Å². The smallest absolute Gasteiger partial charge is 0.349 e. The second-order valence-electron chi connectivity index (χ2n) is 6.62. The van der Waals surface area contributed by atoms with Crippen molar-refractivity contribution in [1.82, 2.24) is 4.90 Å². The first-order valence-electron chi connectivity index (χ1n) is 8.65. The van der Waals surface area contributed by atoms with Crippen molar-refractivity contribution in [2.75, 3.05) is 26.8 Å². The minimum absolute atomic E-state index is 0.100. The topological polar surface area (TPSA) is 55.8 Å². The first-order chi connectivity index (χ1) is 12.5. The maximum atomic E-state index is 14.2. The van der Waals surface area contributed by atoms with Crippen molar-refractivity contribution < 1.29 is 23.5 Å². The minimum atomic E-state index is -0.615. The summed E-state index contributed by atoms with van der Waals surface area (Å²) >= 11 is 1.15. The molecular weight excluding hydrogens is 357 g/mol. The van der Waals surface area contributed by atoms with Gasteiger partial charge in [0.1, 0.15) is 10.7 Å². The van der Waals surface area contributed by atoms with E-state index in [9.17, 15) is 14.0 Å². The van der Waals surface area contributed by atoms with Gasteiger partial charge in [0.05, 0.1) is 6.61 Å². The van der Waals surface area contributed by atoms with Gasteiger partial charge in [-0.2, -0.15) is 0 Å². The van der Waals surface area contributed by atoms with E-state index in [2.05, 4.69) is 6.92 Å². The van der Waals surface area contributed by atoms with Gasteiger partial charge in [0.15, 0.2) is 6.61 Å². The summed E-state index contributed by atoms with van der Waals surface area (Å²) in [6, 6.07) is 4.70. The Morgan fingerprint density at radius 3 is 2.92 bits per heavy atom. The fourth-order valence-corrected chi connectivity index (χ4v) is 4.43. The number of methoxy groups -OCH3 is 1. The SMILES string of the molecule is COCc1c(C(=O)OCC(=O)N2CCC[C@H](C)C2)sc2cccc(F)c12. The summed E-state index contributed by atoms with van der Waals surface area (Å²) < 4.78 is 25.2. The zero-order valence-corrected chi connectivity index (χ0v) is 15.7. The maximum Gasteiger partial charge on any atom is 0.349 e. The number of fused-ring (bicyclic) bond motifs is 1. The summed E-state index contributed by atoms with van der Waals surface area (Å²) in [6.45, 7) is 3.30. The molecule has 1 aromatic carbocycles. The summed E-state index contributed by atoms with van der Waals surface area (Å²) in [7, 11) is 1.49. The van der Waals surface area contributed by atoms with Crippen molar-refractivity contribution in [3.05, 3.63) is 34.5 Å². The molecule has 0 N–H and O–H groups in total. The number of benzene rings is 1. The average molecular weight is 379 g/mol. The van der Waals surface area contributed by atoms with Gasteiger partial charge < -0.3 is 14.4 Å². The fourth-order valence-electron chi connectivity index (χ4n) is 3.31. The number of nitrogens with zero attached hydrogens (tertiary/aromatic N) is 1. The molecule has 5 nitrogen and oxygen atoms in total. The number of hydrogen-bond donors (Lipinski definition) is 0. The Balaban J connectivity index is 1.74. The number of hydrogen-bond acceptors (Lipinski definition) is 5. The standard InChI is InChI=1S/C19H22FNO4S/c1-12-5-4-8-21(9-12)16(22)11-25-19(23)18-13(10-24-2)17-14(20)6-3-7-15(17)26-18/h3,6-7,12H,4-5,8-11H2,1-2H3/t12-/m0/s1. The molecule has 2 aromatic rings. The van der Waals surface area contributed by atoms with Crippen LogP contribution in [0.25, 0.3) is 10.1 Å². The Labute approximate surface area is 155 Å². The lowest BCUT2D eigenvalue weighted by molar-refractivity contribution is -0.136. The van der Waals surface area contributed by atoms with Gasteiger partial charge in [0.25, 0.3) is 5.91 Å². The molecule has 1 aliphatic heterocycles. The highest BCUT2D eigenvalue weighted by molar-refractivity contribution is 7.21. The lowest BCUT2D eigenvalue weighted by atomic mass is 10.0. The summed E-state index contributed by atoms with van der Waals surface area (Å²) in [5.74, 6) is -0.743. The van der Waals surface area contributed by atoms with Gasteiger partial charge in [-0.1, -0.05) is 13.0 Å². The normalized spacial score (nSPS) is 17.5. The lowest BCUT2D eigenvalue weighted by Gasteiger charge is -2.30.